The van der Waals surface area contributed by atoms with Gasteiger partial charge in [-0.3, -0.25) is 4.40 Å². The maximum Gasteiger partial charge on any atom is 0.356 e. The summed E-state index contributed by atoms with van der Waals surface area (Å²) in [4.78, 5) is 17.3. The molecule has 0 aromatic carbocycles. The van der Waals surface area contributed by atoms with E-state index in [1.54, 1.807) is 17.5 Å². The predicted molar refractivity (Wildman–Crippen MR) is 65.9 cm³/mol. The molecule has 90 valence electrons. The first kappa shape index (κ1) is 10.8. The lowest BCUT2D eigenvalue weighted by molar-refractivity contribution is 0.0691. The number of hydrogen-bond donors (Lipinski definition) is 1. The minimum atomic E-state index is -0.944. The van der Waals surface area contributed by atoms with Crippen LogP contribution in [0.25, 0.3) is 4.96 Å². The van der Waals surface area contributed by atoms with Gasteiger partial charge in [-0.2, -0.15) is 0 Å². The van der Waals surface area contributed by atoms with Gasteiger partial charge in [-0.25, -0.2) is 9.78 Å². The highest BCUT2D eigenvalue weighted by Crippen LogP contribution is 2.28. The molecule has 0 aliphatic heterocycles. The number of imidazole rings is 1. The van der Waals surface area contributed by atoms with Crippen molar-refractivity contribution < 1.29 is 9.90 Å². The molecule has 0 amide bonds. The van der Waals surface area contributed by atoms with Crippen LogP contribution in [0.2, 0.25) is 0 Å². The molecule has 1 aliphatic carbocycles. The van der Waals surface area contributed by atoms with E-state index >= 15 is 0 Å². The van der Waals surface area contributed by atoms with Gasteiger partial charge in [0.15, 0.2) is 10.7 Å². The number of carbonyl (C=O) groups is 1. The Morgan fingerprint density at radius 3 is 2.82 bits per heavy atom. The Morgan fingerprint density at radius 1 is 1.29 bits per heavy atom. The highest BCUT2D eigenvalue weighted by molar-refractivity contribution is 7.17. The molecule has 2 aromatic heterocycles. The lowest BCUT2D eigenvalue weighted by Gasteiger charge is -2.08. The molecule has 5 heteroatoms. The molecule has 0 atom stereocenters. The molecule has 1 N–H and O–H groups in total. The van der Waals surface area contributed by atoms with Crippen LogP contribution >= 0.6 is 11.3 Å². The molecule has 17 heavy (non-hydrogen) atoms. The van der Waals surface area contributed by atoms with Crippen LogP contribution in [0.3, 0.4) is 0 Å². The number of carboxylic acid groups (broad SMARTS) is 1. The van der Waals surface area contributed by atoms with Crippen molar-refractivity contribution in [3.63, 3.8) is 0 Å². The molecule has 0 radical (unpaired) electrons. The molecular formula is C12H14N2O2S. The third-order valence-electron chi connectivity index (χ3n) is 3.29. The number of hydrogen-bond acceptors (Lipinski definition) is 3. The molecule has 0 bridgehead atoms. The summed E-state index contributed by atoms with van der Waals surface area (Å²) in [6, 6.07) is 0. The van der Waals surface area contributed by atoms with Crippen molar-refractivity contribution in [2.24, 2.45) is 0 Å². The molecule has 1 aliphatic rings. The third kappa shape index (κ3) is 1.84. The fraction of sp³-hybridized carbons (Fsp3) is 0.500. The van der Waals surface area contributed by atoms with Gasteiger partial charge in [0.1, 0.15) is 0 Å². The standard InChI is InChI=1S/C12H14N2O2S/c15-11(16)8-7-14-9-5-3-1-2-4-6-10(9)17-12(14)13-8/h7H,1-6H2,(H,15,16). The Hall–Kier alpha value is -1.36. The average Bonchev–Trinajstić information content (AvgIpc) is 2.77. The van der Waals surface area contributed by atoms with E-state index in [1.807, 2.05) is 4.40 Å². The molecule has 0 fully saturated rings. The van der Waals surface area contributed by atoms with E-state index in [0.29, 0.717) is 0 Å². The first-order chi connectivity index (χ1) is 8.25. The van der Waals surface area contributed by atoms with Crippen LogP contribution in [0.4, 0.5) is 0 Å². The number of thiazole rings is 1. The van der Waals surface area contributed by atoms with Crippen molar-refractivity contribution in [3.8, 4) is 0 Å². The molecule has 2 heterocycles. The monoisotopic (exact) mass is 250 g/mol. The normalized spacial score (nSPS) is 16.5. The molecule has 0 saturated carbocycles. The first-order valence-electron chi connectivity index (χ1n) is 5.98. The second-order valence-corrected chi connectivity index (χ2v) is 5.53. The van der Waals surface area contributed by atoms with E-state index in [4.69, 9.17) is 5.11 Å². The first-order valence-corrected chi connectivity index (χ1v) is 6.80. The Balaban J connectivity index is 2.10. The number of aromatic nitrogens is 2. The fourth-order valence-electron chi connectivity index (χ4n) is 2.42. The van der Waals surface area contributed by atoms with Gasteiger partial charge >= 0.3 is 5.97 Å². The molecule has 2 aromatic rings. The number of fused-ring (bicyclic) bond motifs is 3. The Bertz CT molecular complexity index is 570. The number of rotatable bonds is 1. The highest BCUT2D eigenvalue weighted by Gasteiger charge is 2.18. The Morgan fingerprint density at radius 2 is 2.06 bits per heavy atom. The van der Waals surface area contributed by atoms with E-state index < -0.39 is 5.97 Å². The summed E-state index contributed by atoms with van der Waals surface area (Å²) in [5.74, 6) is -0.944. The fourth-order valence-corrected chi connectivity index (χ4v) is 3.61. The largest absolute Gasteiger partial charge is 0.476 e. The van der Waals surface area contributed by atoms with Gasteiger partial charge < -0.3 is 5.11 Å². The van der Waals surface area contributed by atoms with Gasteiger partial charge in [0.25, 0.3) is 0 Å². The second kappa shape index (κ2) is 4.14. The predicted octanol–water partition coefficient (Wildman–Crippen LogP) is 2.75. The number of carboxylic acids is 1. The minimum absolute atomic E-state index is 0.154. The number of aryl methyl sites for hydroxylation is 2. The van der Waals surface area contributed by atoms with E-state index in [-0.39, 0.29) is 5.69 Å². The second-order valence-electron chi connectivity index (χ2n) is 4.47. The zero-order valence-corrected chi connectivity index (χ0v) is 10.3. The molecule has 0 unspecified atom stereocenters. The van der Waals surface area contributed by atoms with Crippen LogP contribution in [0.1, 0.15) is 46.7 Å². The zero-order chi connectivity index (χ0) is 11.8. The molecule has 3 rings (SSSR count). The van der Waals surface area contributed by atoms with E-state index in [0.717, 1.165) is 17.8 Å². The summed E-state index contributed by atoms with van der Waals surface area (Å²) in [6.07, 6.45) is 8.84. The van der Waals surface area contributed by atoms with Gasteiger partial charge in [-0.05, 0) is 25.7 Å². The van der Waals surface area contributed by atoms with Crippen molar-refractivity contribution in [2.45, 2.75) is 38.5 Å². The average molecular weight is 250 g/mol. The molecule has 4 nitrogen and oxygen atoms in total. The smallest absolute Gasteiger partial charge is 0.356 e. The Labute approximate surface area is 103 Å². The quantitative estimate of drug-likeness (QED) is 0.846. The molecular weight excluding hydrogens is 236 g/mol. The number of aromatic carboxylic acids is 1. The lowest BCUT2D eigenvalue weighted by Crippen LogP contribution is -2.00. The van der Waals surface area contributed by atoms with Gasteiger partial charge in [-0.15, -0.1) is 11.3 Å². The van der Waals surface area contributed by atoms with Crippen LogP contribution in [0.5, 0.6) is 0 Å². The van der Waals surface area contributed by atoms with Crippen LogP contribution in [0.15, 0.2) is 6.20 Å². The van der Waals surface area contributed by atoms with Gasteiger partial charge in [0, 0.05) is 16.8 Å². The van der Waals surface area contributed by atoms with Gasteiger partial charge in [0.2, 0.25) is 0 Å². The van der Waals surface area contributed by atoms with Gasteiger partial charge in [-0.1, -0.05) is 12.8 Å². The highest BCUT2D eigenvalue weighted by atomic mass is 32.1. The summed E-state index contributed by atoms with van der Waals surface area (Å²) in [6.45, 7) is 0. The van der Waals surface area contributed by atoms with Crippen molar-refractivity contribution in [3.05, 3.63) is 22.5 Å². The third-order valence-corrected chi connectivity index (χ3v) is 4.44. The van der Waals surface area contributed by atoms with Crippen molar-refractivity contribution in [1.29, 1.82) is 0 Å². The Kier molecular flexibility index (Phi) is 2.63. The van der Waals surface area contributed by atoms with Crippen LogP contribution in [0, 0.1) is 0 Å². The number of nitrogens with zero attached hydrogens (tertiary/aromatic N) is 2. The molecule has 0 spiro atoms. The summed E-state index contributed by atoms with van der Waals surface area (Å²) in [5.41, 5.74) is 1.44. The SMILES string of the molecule is O=C(O)c1cn2c3c(sc2n1)CCCCCC3. The van der Waals surface area contributed by atoms with Crippen LogP contribution < -0.4 is 0 Å². The summed E-state index contributed by atoms with van der Waals surface area (Å²) in [5, 5.41) is 8.94. The summed E-state index contributed by atoms with van der Waals surface area (Å²) >= 11 is 1.65. The van der Waals surface area contributed by atoms with Crippen molar-refractivity contribution in [1.82, 2.24) is 9.38 Å². The summed E-state index contributed by atoms with van der Waals surface area (Å²) < 4.78 is 1.98. The van der Waals surface area contributed by atoms with Gasteiger partial charge in [0.05, 0.1) is 0 Å². The van der Waals surface area contributed by atoms with E-state index in [1.165, 1.54) is 36.3 Å². The maximum atomic E-state index is 10.9. The summed E-state index contributed by atoms with van der Waals surface area (Å²) in [7, 11) is 0. The maximum absolute atomic E-state index is 10.9. The van der Waals surface area contributed by atoms with E-state index in [9.17, 15) is 4.79 Å². The molecule has 0 saturated heterocycles. The van der Waals surface area contributed by atoms with Crippen LogP contribution in [-0.2, 0) is 12.8 Å². The van der Waals surface area contributed by atoms with Crippen molar-refractivity contribution >= 4 is 22.3 Å². The topological polar surface area (TPSA) is 54.6 Å². The van der Waals surface area contributed by atoms with Crippen molar-refractivity contribution in [2.75, 3.05) is 0 Å². The van der Waals surface area contributed by atoms with E-state index in [2.05, 4.69) is 4.98 Å². The lowest BCUT2D eigenvalue weighted by atomic mass is 10.0. The van der Waals surface area contributed by atoms with Crippen LogP contribution in [-0.4, -0.2) is 20.5 Å². The minimum Gasteiger partial charge on any atom is -0.476 e. The zero-order valence-electron chi connectivity index (χ0n) is 9.48.